The van der Waals surface area contributed by atoms with E-state index >= 15 is 0 Å². The molecule has 9 heteroatoms. The smallest absolute Gasteiger partial charge is 0.263 e. The summed E-state index contributed by atoms with van der Waals surface area (Å²) in [6.45, 7) is 6.10. The average Bonchev–Trinajstić information content (AvgIpc) is 2.86. The van der Waals surface area contributed by atoms with Crippen molar-refractivity contribution in [1.29, 1.82) is 0 Å². The van der Waals surface area contributed by atoms with Crippen molar-refractivity contribution >= 4 is 38.9 Å². The fraction of sp³-hybridized carbons (Fsp3) is 0.269. The predicted molar refractivity (Wildman–Crippen MR) is 139 cm³/mol. The lowest BCUT2D eigenvalue weighted by molar-refractivity contribution is 0.0746. The highest BCUT2D eigenvalue weighted by Gasteiger charge is 2.25. The highest BCUT2D eigenvalue weighted by Crippen LogP contribution is 2.28. The van der Waals surface area contributed by atoms with Crippen LogP contribution in [0.2, 0.25) is 5.02 Å². The largest absolute Gasteiger partial charge is 0.497 e. The summed E-state index contributed by atoms with van der Waals surface area (Å²) in [5, 5.41) is 0.0590. The van der Waals surface area contributed by atoms with Crippen molar-refractivity contribution in [3.8, 4) is 5.75 Å². The van der Waals surface area contributed by atoms with Gasteiger partial charge in [-0.15, -0.1) is 0 Å². The maximum Gasteiger partial charge on any atom is 0.263 e. The molecule has 7 nitrogen and oxygen atoms in total. The lowest BCUT2D eigenvalue weighted by atomic mass is 10.1. The second-order valence-corrected chi connectivity index (χ2v) is 10.6. The lowest BCUT2D eigenvalue weighted by Crippen LogP contribution is -2.48. The molecule has 1 fully saturated rings. The fourth-order valence-corrected chi connectivity index (χ4v) is 5.68. The number of sulfonamides is 1. The minimum atomic E-state index is -3.99. The normalized spacial score (nSPS) is 14.1. The lowest BCUT2D eigenvalue weighted by Gasteiger charge is -2.36. The first kappa shape index (κ1) is 24.9. The maximum atomic E-state index is 13.2. The van der Waals surface area contributed by atoms with Gasteiger partial charge in [0.1, 0.15) is 10.6 Å². The molecule has 1 saturated heterocycles. The molecular weight excluding hydrogens is 486 g/mol. The SMILES string of the molecule is COc1ccc(N2CCN(C(=O)c3ccc(Cl)c(S(=O)(=O)Nc4cc(C)ccc4C)c3)CC2)cc1. The van der Waals surface area contributed by atoms with Crippen molar-refractivity contribution in [3.05, 3.63) is 82.4 Å². The number of anilines is 2. The van der Waals surface area contributed by atoms with Gasteiger partial charge in [-0.1, -0.05) is 23.7 Å². The molecule has 3 aromatic rings. The summed E-state index contributed by atoms with van der Waals surface area (Å²) >= 11 is 6.26. The third-order valence-corrected chi connectivity index (χ3v) is 7.96. The first-order valence-electron chi connectivity index (χ1n) is 11.3. The molecule has 0 unspecified atom stereocenters. The van der Waals surface area contributed by atoms with E-state index in [1.54, 1.807) is 24.1 Å². The number of carbonyl (C=O) groups is 1. The summed E-state index contributed by atoms with van der Waals surface area (Å²) in [7, 11) is -2.36. The van der Waals surface area contributed by atoms with Crippen LogP contribution in [0.1, 0.15) is 21.5 Å². The van der Waals surface area contributed by atoms with Crippen molar-refractivity contribution in [2.24, 2.45) is 0 Å². The second kappa shape index (κ2) is 10.2. The first-order valence-corrected chi connectivity index (χ1v) is 13.1. The van der Waals surface area contributed by atoms with Crippen LogP contribution in [0.4, 0.5) is 11.4 Å². The fourth-order valence-electron chi connectivity index (χ4n) is 4.03. The molecule has 0 saturated carbocycles. The molecule has 0 bridgehead atoms. The summed E-state index contributed by atoms with van der Waals surface area (Å²) in [4.78, 5) is 17.0. The van der Waals surface area contributed by atoms with Crippen molar-refractivity contribution in [2.75, 3.05) is 42.9 Å². The van der Waals surface area contributed by atoms with Crippen LogP contribution in [0.5, 0.6) is 5.75 Å². The van der Waals surface area contributed by atoms with E-state index in [1.807, 2.05) is 50.2 Å². The number of piperazine rings is 1. The molecule has 0 radical (unpaired) electrons. The van der Waals surface area contributed by atoms with Gasteiger partial charge in [-0.05, 0) is 73.5 Å². The van der Waals surface area contributed by atoms with Gasteiger partial charge < -0.3 is 14.5 Å². The molecule has 4 rings (SSSR count). The summed E-state index contributed by atoms with van der Waals surface area (Å²) in [5.41, 5.74) is 3.55. The minimum Gasteiger partial charge on any atom is -0.497 e. The van der Waals surface area contributed by atoms with Crippen molar-refractivity contribution in [2.45, 2.75) is 18.7 Å². The molecule has 1 aliphatic rings. The Morgan fingerprint density at radius 3 is 2.29 bits per heavy atom. The van der Waals surface area contributed by atoms with Crippen LogP contribution in [0.15, 0.2) is 65.6 Å². The van der Waals surface area contributed by atoms with Crippen molar-refractivity contribution in [1.82, 2.24) is 4.90 Å². The Balaban J connectivity index is 1.49. The number of benzene rings is 3. The van der Waals surface area contributed by atoms with E-state index in [2.05, 4.69) is 9.62 Å². The number of nitrogens with one attached hydrogen (secondary N) is 1. The van der Waals surface area contributed by atoms with E-state index in [9.17, 15) is 13.2 Å². The van der Waals surface area contributed by atoms with E-state index in [0.29, 0.717) is 31.9 Å². The number of carbonyl (C=O) groups excluding carboxylic acids is 1. The molecule has 1 aliphatic heterocycles. The van der Waals surface area contributed by atoms with Gasteiger partial charge in [0.15, 0.2) is 0 Å². The van der Waals surface area contributed by atoms with Crippen LogP contribution >= 0.6 is 11.6 Å². The zero-order valence-electron chi connectivity index (χ0n) is 19.9. The number of nitrogens with zero attached hydrogens (tertiary/aromatic N) is 2. The monoisotopic (exact) mass is 513 g/mol. The molecule has 0 spiro atoms. The molecule has 1 heterocycles. The van der Waals surface area contributed by atoms with Crippen molar-refractivity contribution in [3.63, 3.8) is 0 Å². The second-order valence-electron chi connectivity index (χ2n) is 8.55. The third-order valence-electron chi connectivity index (χ3n) is 6.11. The molecule has 3 aromatic carbocycles. The van der Waals surface area contributed by atoms with Crippen LogP contribution in [-0.2, 0) is 10.0 Å². The van der Waals surface area contributed by atoms with E-state index < -0.39 is 10.0 Å². The van der Waals surface area contributed by atoms with Gasteiger partial charge in [0.05, 0.1) is 17.8 Å². The number of aryl methyl sites for hydroxylation is 2. The Morgan fingerprint density at radius 2 is 1.63 bits per heavy atom. The first-order chi connectivity index (χ1) is 16.7. The zero-order valence-corrected chi connectivity index (χ0v) is 21.5. The number of hydrogen-bond acceptors (Lipinski definition) is 5. The Bertz CT molecular complexity index is 1340. The van der Waals surface area contributed by atoms with Crippen molar-refractivity contribution < 1.29 is 17.9 Å². The van der Waals surface area contributed by atoms with E-state index in [-0.39, 0.29) is 21.4 Å². The minimum absolute atomic E-state index is 0.0590. The predicted octanol–water partition coefficient (Wildman–Crippen LogP) is 4.73. The zero-order chi connectivity index (χ0) is 25.2. The number of methoxy groups -OCH3 is 1. The molecule has 0 aromatic heterocycles. The van der Waals surface area contributed by atoms with Gasteiger partial charge in [-0.2, -0.15) is 0 Å². The molecule has 1 amide bonds. The van der Waals surface area contributed by atoms with E-state index in [0.717, 1.165) is 22.6 Å². The van der Waals surface area contributed by atoms with Crippen LogP contribution in [0.25, 0.3) is 0 Å². The molecule has 0 aliphatic carbocycles. The summed E-state index contributed by atoms with van der Waals surface area (Å²) in [6, 6.07) is 17.7. The summed E-state index contributed by atoms with van der Waals surface area (Å²) in [5.74, 6) is 0.572. The third kappa shape index (κ3) is 5.55. The Kier molecular flexibility index (Phi) is 7.23. The number of halogens is 1. The van der Waals surface area contributed by atoms with Crippen LogP contribution in [0.3, 0.4) is 0 Å². The molecule has 1 N–H and O–H groups in total. The van der Waals surface area contributed by atoms with Gasteiger partial charge in [-0.3, -0.25) is 9.52 Å². The molecule has 35 heavy (non-hydrogen) atoms. The van der Waals surface area contributed by atoms with Gasteiger partial charge in [-0.25, -0.2) is 8.42 Å². The Labute approximate surface area is 211 Å². The summed E-state index contributed by atoms with van der Waals surface area (Å²) < 4.78 is 34.1. The number of amides is 1. The summed E-state index contributed by atoms with van der Waals surface area (Å²) in [6.07, 6.45) is 0. The molecule has 0 atom stereocenters. The van der Waals surface area contributed by atoms with Crippen LogP contribution in [0, 0.1) is 13.8 Å². The van der Waals surface area contributed by atoms with Gasteiger partial charge >= 0.3 is 0 Å². The van der Waals surface area contributed by atoms with Gasteiger partial charge in [0.2, 0.25) is 0 Å². The average molecular weight is 514 g/mol. The van der Waals surface area contributed by atoms with Crippen LogP contribution < -0.4 is 14.4 Å². The Morgan fingerprint density at radius 1 is 0.943 bits per heavy atom. The van der Waals surface area contributed by atoms with E-state index in [1.165, 1.54) is 12.1 Å². The number of rotatable bonds is 6. The molecular formula is C26H28ClN3O4S. The number of ether oxygens (including phenoxy) is 1. The van der Waals surface area contributed by atoms with Crippen LogP contribution in [-0.4, -0.2) is 52.5 Å². The maximum absolute atomic E-state index is 13.2. The molecule has 184 valence electrons. The van der Waals surface area contributed by atoms with Gasteiger partial charge in [0.25, 0.3) is 15.9 Å². The van der Waals surface area contributed by atoms with Gasteiger partial charge in [0, 0.05) is 37.4 Å². The van der Waals surface area contributed by atoms with E-state index in [4.69, 9.17) is 16.3 Å². The Hall–Kier alpha value is -3.23. The quantitative estimate of drug-likeness (QED) is 0.515. The highest BCUT2D eigenvalue weighted by atomic mass is 35.5. The topological polar surface area (TPSA) is 79.0 Å². The standard InChI is InChI=1S/C26H28ClN3O4S/c1-18-4-5-19(2)24(16-18)28-35(32,33)25-17-20(6-11-23(25)27)26(31)30-14-12-29(13-15-30)21-7-9-22(34-3)10-8-21/h4-11,16-17,28H,12-15H2,1-3H3. The highest BCUT2D eigenvalue weighted by molar-refractivity contribution is 7.92. The number of hydrogen-bond donors (Lipinski definition) is 1.